The third-order valence-electron chi connectivity index (χ3n) is 13.1. The zero-order valence-electron chi connectivity index (χ0n) is 38.5. The number of nitrogens with zero attached hydrogens (tertiary/aromatic N) is 7. The molecule has 1 aliphatic heterocycles. The van der Waals surface area contributed by atoms with Gasteiger partial charge in [0.15, 0.2) is 11.3 Å². The average Bonchev–Trinajstić information content (AvgIpc) is 3.92. The van der Waals surface area contributed by atoms with Crippen molar-refractivity contribution in [2.75, 3.05) is 26.3 Å². The van der Waals surface area contributed by atoms with E-state index in [-0.39, 0.29) is 48.1 Å². The second kappa shape index (κ2) is 18.6. The molecule has 2 atom stereocenters. The first kappa shape index (κ1) is 44.4. The minimum Gasteiger partial charge on any atom is -0.379 e. The number of hydrogen-bond acceptors (Lipinski definition) is 10. The van der Waals surface area contributed by atoms with Crippen LogP contribution in [0.4, 0.5) is 0 Å². The van der Waals surface area contributed by atoms with Gasteiger partial charge in [-0.25, -0.2) is 19.3 Å². The van der Waals surface area contributed by atoms with Crippen molar-refractivity contribution < 1.29 is 14.3 Å². The molecule has 1 saturated heterocycles. The molecule has 0 spiro atoms. The number of rotatable bonds is 15. The van der Waals surface area contributed by atoms with Gasteiger partial charge in [0, 0.05) is 72.4 Å². The van der Waals surface area contributed by atoms with Crippen LogP contribution >= 0.6 is 0 Å². The molecule has 7 aromatic rings. The Bertz CT molecular complexity index is 3080. The number of H-pyrrole nitrogens is 2. The van der Waals surface area contributed by atoms with Gasteiger partial charge in [0.2, 0.25) is 0 Å². The normalized spacial score (nSPS) is 15.3. The van der Waals surface area contributed by atoms with Crippen LogP contribution < -0.4 is 21.8 Å². The van der Waals surface area contributed by atoms with Crippen LogP contribution in [0.1, 0.15) is 123 Å². The number of nitrogens with one attached hydrogen (secondary N) is 4. The second-order valence-corrected chi connectivity index (χ2v) is 18.2. The fourth-order valence-electron chi connectivity index (χ4n) is 9.07. The number of pyridine rings is 4. The van der Waals surface area contributed by atoms with Crippen molar-refractivity contribution in [2.45, 2.75) is 105 Å². The zero-order chi connectivity index (χ0) is 46.2. The Labute approximate surface area is 382 Å². The van der Waals surface area contributed by atoms with Crippen molar-refractivity contribution >= 4 is 33.9 Å². The van der Waals surface area contributed by atoms with E-state index in [0.29, 0.717) is 68.8 Å². The minimum absolute atomic E-state index is 0.0671. The lowest BCUT2D eigenvalue weighted by atomic mass is 10.0. The predicted molar refractivity (Wildman–Crippen MR) is 253 cm³/mol. The number of carbonyl (C=O) groups excluding carboxylic acids is 2. The fraction of sp³-hybridized carbons (Fsp3) is 0.400. The van der Waals surface area contributed by atoms with E-state index in [4.69, 9.17) is 24.9 Å². The van der Waals surface area contributed by atoms with Crippen molar-refractivity contribution in [3.63, 3.8) is 0 Å². The van der Waals surface area contributed by atoms with E-state index in [9.17, 15) is 19.2 Å². The van der Waals surface area contributed by atoms with Gasteiger partial charge in [-0.1, -0.05) is 24.3 Å². The van der Waals surface area contributed by atoms with Crippen LogP contribution in [0.3, 0.4) is 0 Å². The highest BCUT2D eigenvalue weighted by molar-refractivity contribution is 6.07. The summed E-state index contributed by atoms with van der Waals surface area (Å²) in [7, 11) is 0. The molecule has 1 aromatic carbocycles. The topological polar surface area (TPSA) is 198 Å². The largest absolute Gasteiger partial charge is 0.379 e. The average molecular weight is 892 g/mol. The lowest BCUT2D eigenvalue weighted by Gasteiger charge is -2.26. The number of amides is 2. The van der Waals surface area contributed by atoms with Gasteiger partial charge in [-0.2, -0.15) is 10.2 Å². The van der Waals surface area contributed by atoms with Crippen molar-refractivity contribution in [3.8, 4) is 11.3 Å². The van der Waals surface area contributed by atoms with Crippen molar-refractivity contribution in [2.24, 2.45) is 0 Å². The van der Waals surface area contributed by atoms with E-state index >= 15 is 0 Å². The van der Waals surface area contributed by atoms with Crippen LogP contribution in [0.2, 0.25) is 0 Å². The molecule has 2 aliphatic rings. The van der Waals surface area contributed by atoms with Crippen molar-refractivity contribution in [1.82, 2.24) is 55.0 Å². The van der Waals surface area contributed by atoms with E-state index in [1.807, 2.05) is 73.5 Å². The van der Waals surface area contributed by atoms with Crippen LogP contribution in [0, 0.1) is 27.7 Å². The third-order valence-corrected chi connectivity index (χ3v) is 13.1. The third kappa shape index (κ3) is 9.33. The Morgan fingerprint density at radius 3 is 1.76 bits per heavy atom. The first-order valence-electron chi connectivity index (χ1n) is 22.9. The molecule has 9 rings (SSSR count). The summed E-state index contributed by atoms with van der Waals surface area (Å²) < 4.78 is 9.33. The summed E-state index contributed by atoms with van der Waals surface area (Å²) in [4.78, 5) is 71.8. The van der Waals surface area contributed by atoms with Crippen LogP contribution in [-0.4, -0.2) is 82.5 Å². The molecular weight excluding hydrogens is 835 g/mol. The molecule has 2 unspecified atom stereocenters. The summed E-state index contributed by atoms with van der Waals surface area (Å²) in [6, 6.07) is 15.6. The van der Waals surface area contributed by atoms with Crippen LogP contribution in [-0.2, 0) is 24.4 Å². The maximum atomic E-state index is 14.1. The molecular formula is C50H57N11O5. The van der Waals surface area contributed by atoms with Crippen LogP contribution in [0.15, 0.2) is 70.5 Å². The van der Waals surface area contributed by atoms with Crippen LogP contribution in [0.5, 0.6) is 0 Å². The Hall–Kier alpha value is -6.78. The lowest BCUT2D eigenvalue weighted by molar-refractivity contribution is 0.0342. The molecule has 7 heterocycles. The number of ether oxygens (including phenoxy) is 1. The summed E-state index contributed by atoms with van der Waals surface area (Å²) in [5, 5.41) is 16.9. The molecule has 16 nitrogen and oxygen atoms in total. The highest BCUT2D eigenvalue weighted by Gasteiger charge is 2.29. The molecule has 0 radical (unpaired) electrons. The standard InChI is InChI=1S/C50H57N11O5/c1-28-19-30(3)55-49(64)39(28)23-51-47(62)37-21-43(35-11-9-34(10-12-35)27-59-15-17-66-18-16-59)57-45-41(37)25-53-60(45)32(5)7-8-33(6)61-46-42(26-54-61)38(22-44(58-46)36-13-14-36)48(63)52-24-40-29(2)20-31(4)56-50(40)65/h9-12,19-22,25-26,32-33,36H,7-8,13-18,23-24,27H2,1-6H3,(H,51,62)(H,52,63)(H,55,64)(H,56,65). The van der Waals surface area contributed by atoms with E-state index in [1.165, 1.54) is 5.56 Å². The molecule has 342 valence electrons. The summed E-state index contributed by atoms with van der Waals surface area (Å²) in [6.45, 7) is 15.8. The van der Waals surface area contributed by atoms with Gasteiger partial charge in [0.1, 0.15) is 0 Å². The SMILES string of the molecule is Cc1cc(C)c(CNC(=O)c2cc(-c3ccc(CN4CCOCC4)cc3)nc3c2cnn3C(C)CCC(C)n2ncc3c(C(=O)NCc4c(C)cc(C)[nH]c4=O)cc(C4CC4)nc32)c(=O)[nH]1. The Morgan fingerprint density at radius 2 is 1.24 bits per heavy atom. The summed E-state index contributed by atoms with van der Waals surface area (Å²) in [5.74, 6) is -0.317. The molecule has 4 N–H and O–H groups in total. The molecule has 2 fully saturated rings. The lowest BCUT2D eigenvalue weighted by Crippen LogP contribution is -2.35. The Morgan fingerprint density at radius 1 is 0.727 bits per heavy atom. The van der Waals surface area contributed by atoms with Gasteiger partial charge in [-0.15, -0.1) is 0 Å². The van der Waals surface area contributed by atoms with E-state index in [1.54, 1.807) is 12.4 Å². The minimum atomic E-state index is -0.330. The molecule has 1 aliphatic carbocycles. The molecule has 2 amide bonds. The summed E-state index contributed by atoms with van der Waals surface area (Å²) >= 11 is 0. The van der Waals surface area contributed by atoms with Gasteiger partial charge in [0.25, 0.3) is 22.9 Å². The second-order valence-electron chi connectivity index (χ2n) is 18.2. The first-order valence-corrected chi connectivity index (χ1v) is 22.9. The van der Waals surface area contributed by atoms with Crippen molar-refractivity contribution in [1.29, 1.82) is 0 Å². The van der Waals surface area contributed by atoms with Crippen LogP contribution in [0.25, 0.3) is 33.3 Å². The van der Waals surface area contributed by atoms with Gasteiger partial charge < -0.3 is 25.3 Å². The quantitative estimate of drug-likeness (QED) is 0.0868. The highest BCUT2D eigenvalue weighted by Crippen LogP contribution is 2.40. The maximum Gasteiger partial charge on any atom is 0.253 e. The number of hydrogen-bond donors (Lipinski definition) is 4. The number of aromatic amines is 2. The maximum absolute atomic E-state index is 14.1. The molecule has 1 saturated carbocycles. The molecule has 16 heteroatoms. The smallest absolute Gasteiger partial charge is 0.253 e. The first-order chi connectivity index (χ1) is 31.8. The number of carbonyl (C=O) groups is 2. The highest BCUT2D eigenvalue weighted by atomic mass is 16.5. The monoisotopic (exact) mass is 891 g/mol. The number of benzene rings is 1. The van der Waals surface area contributed by atoms with Gasteiger partial charge in [-0.05, 0) is 108 Å². The number of fused-ring (bicyclic) bond motifs is 2. The Balaban J connectivity index is 0.970. The zero-order valence-corrected chi connectivity index (χ0v) is 38.5. The molecule has 0 bridgehead atoms. The summed E-state index contributed by atoms with van der Waals surface area (Å²) in [6.07, 6.45) is 6.84. The van der Waals surface area contributed by atoms with Gasteiger partial charge in [0.05, 0.1) is 65.3 Å². The number of morpholine rings is 1. The van der Waals surface area contributed by atoms with Crippen molar-refractivity contribution in [3.05, 3.63) is 138 Å². The van der Waals surface area contributed by atoms with E-state index in [0.717, 1.165) is 79.5 Å². The number of aromatic nitrogens is 8. The Kier molecular flexibility index (Phi) is 12.5. The van der Waals surface area contributed by atoms with Gasteiger partial charge in [-0.3, -0.25) is 24.1 Å². The van der Waals surface area contributed by atoms with E-state index < -0.39 is 0 Å². The summed E-state index contributed by atoms with van der Waals surface area (Å²) in [5.41, 5.74) is 9.46. The molecule has 6 aromatic heterocycles. The molecule has 66 heavy (non-hydrogen) atoms. The number of aryl methyl sites for hydroxylation is 4. The van der Waals surface area contributed by atoms with E-state index in [2.05, 4.69) is 51.5 Å². The van der Waals surface area contributed by atoms with Gasteiger partial charge >= 0.3 is 0 Å². The fourth-order valence-corrected chi connectivity index (χ4v) is 9.07. The predicted octanol–water partition coefficient (Wildman–Crippen LogP) is 6.63.